The maximum atomic E-state index is 13.1. The van der Waals surface area contributed by atoms with Gasteiger partial charge in [-0.15, -0.1) is 0 Å². The van der Waals surface area contributed by atoms with Gasteiger partial charge in [0, 0.05) is 12.5 Å². The molecule has 1 N–H and O–H groups in total. The molecule has 0 saturated carbocycles. The minimum atomic E-state index is -0.402. The minimum Gasteiger partial charge on any atom is -0.383 e. The number of piperidine rings is 1. The summed E-state index contributed by atoms with van der Waals surface area (Å²) < 4.78 is 7.60. The Bertz CT molecular complexity index is 493. The molecule has 0 radical (unpaired) electrons. The molecule has 0 spiro atoms. The van der Waals surface area contributed by atoms with Crippen molar-refractivity contribution in [2.45, 2.75) is 33.2 Å². The highest BCUT2D eigenvalue weighted by Crippen LogP contribution is 2.36. The van der Waals surface area contributed by atoms with E-state index in [4.69, 9.17) is 4.74 Å². The molecule has 5 nitrogen and oxygen atoms in total. The molecule has 1 aromatic heterocycles. The Kier molecular flexibility index (Phi) is 5.57. The van der Waals surface area contributed by atoms with Gasteiger partial charge in [0.2, 0.25) is 0 Å². The zero-order valence-electron chi connectivity index (χ0n) is 13.0. The summed E-state index contributed by atoms with van der Waals surface area (Å²) in [6.07, 6.45) is 3.92. The van der Waals surface area contributed by atoms with E-state index in [1.165, 1.54) is 0 Å². The summed E-state index contributed by atoms with van der Waals surface area (Å²) in [5, 5.41) is 7.68. The van der Waals surface area contributed by atoms with Crippen molar-refractivity contribution in [2.24, 2.45) is 11.3 Å². The second-order valence-electron chi connectivity index (χ2n) is 6.15. The highest BCUT2D eigenvalue weighted by Gasteiger charge is 2.39. The van der Waals surface area contributed by atoms with Crippen molar-refractivity contribution < 1.29 is 9.53 Å². The average Bonchev–Trinajstić information content (AvgIpc) is 2.86. The van der Waals surface area contributed by atoms with E-state index in [1.807, 2.05) is 13.8 Å². The van der Waals surface area contributed by atoms with Crippen LogP contribution < -0.4 is 5.32 Å². The lowest BCUT2D eigenvalue weighted by atomic mass is 9.71. The number of nitrogens with zero attached hydrogens (tertiary/aromatic N) is 2. The average molecular weight is 358 g/mol. The number of Topliss-reactive ketones (excluding diaryl/α,β-unsaturated/α-hetero) is 1. The number of carbonyl (C=O) groups is 1. The first-order chi connectivity index (χ1) is 9.98. The molecular weight excluding hydrogens is 334 g/mol. The Morgan fingerprint density at radius 3 is 3.00 bits per heavy atom. The number of ketones is 1. The quantitative estimate of drug-likeness (QED) is 0.794. The zero-order valence-corrected chi connectivity index (χ0v) is 14.6. The number of methoxy groups -OCH3 is 1. The molecule has 1 atom stereocenters. The molecule has 1 aliphatic heterocycles. The van der Waals surface area contributed by atoms with Crippen LogP contribution in [0.1, 0.15) is 37.2 Å². The monoisotopic (exact) mass is 357 g/mol. The van der Waals surface area contributed by atoms with Gasteiger partial charge >= 0.3 is 0 Å². The predicted molar refractivity (Wildman–Crippen MR) is 85.5 cm³/mol. The van der Waals surface area contributed by atoms with Gasteiger partial charge in [-0.25, -0.2) is 0 Å². The third-order valence-electron chi connectivity index (χ3n) is 4.42. The van der Waals surface area contributed by atoms with E-state index in [0.717, 1.165) is 30.4 Å². The molecule has 6 heteroatoms. The molecule has 0 bridgehead atoms. The van der Waals surface area contributed by atoms with Crippen molar-refractivity contribution in [1.82, 2.24) is 15.1 Å². The summed E-state index contributed by atoms with van der Waals surface area (Å²) in [7, 11) is 1.65. The van der Waals surface area contributed by atoms with Gasteiger partial charge in [0.25, 0.3) is 0 Å². The molecule has 1 aliphatic rings. The van der Waals surface area contributed by atoms with E-state index < -0.39 is 5.41 Å². The normalized spacial score (nSPS) is 19.7. The maximum absolute atomic E-state index is 13.1. The first kappa shape index (κ1) is 16.6. The van der Waals surface area contributed by atoms with Crippen molar-refractivity contribution in [3.05, 3.63) is 16.4 Å². The second-order valence-corrected chi connectivity index (χ2v) is 7.01. The Morgan fingerprint density at radius 2 is 2.38 bits per heavy atom. The molecule has 1 saturated heterocycles. The van der Waals surface area contributed by atoms with Crippen molar-refractivity contribution in [3.8, 4) is 0 Å². The van der Waals surface area contributed by atoms with Crippen LogP contribution in [0.15, 0.2) is 10.7 Å². The summed E-state index contributed by atoms with van der Waals surface area (Å²) in [6, 6.07) is 0. The van der Waals surface area contributed by atoms with Crippen LogP contribution in [0.4, 0.5) is 0 Å². The fourth-order valence-corrected chi connectivity index (χ4v) is 3.37. The van der Waals surface area contributed by atoms with Gasteiger partial charge in [-0.05, 0) is 47.8 Å². The molecule has 1 fully saturated rings. The lowest BCUT2D eigenvalue weighted by Crippen LogP contribution is -2.43. The fraction of sp³-hybridized carbons (Fsp3) is 0.733. The number of nitrogens with one attached hydrogen (secondary N) is 1. The van der Waals surface area contributed by atoms with Gasteiger partial charge in [-0.2, -0.15) is 5.10 Å². The number of halogens is 1. The Morgan fingerprint density at radius 1 is 1.62 bits per heavy atom. The molecule has 0 amide bonds. The summed E-state index contributed by atoms with van der Waals surface area (Å²) in [6.45, 7) is 7.18. The van der Waals surface area contributed by atoms with Crippen LogP contribution >= 0.6 is 15.9 Å². The second kappa shape index (κ2) is 7.03. The standard InChI is InChI=1S/C15H24BrN3O2/c1-15(2,11-5-4-6-17-9-11)14(20)13-12(16)10-18-19(13)7-8-21-3/h10-11,17H,4-9H2,1-3H3. The molecule has 21 heavy (non-hydrogen) atoms. The fourth-order valence-electron chi connectivity index (χ4n) is 2.89. The van der Waals surface area contributed by atoms with Gasteiger partial charge in [-0.3, -0.25) is 9.48 Å². The predicted octanol–water partition coefficient (Wildman–Crippen LogP) is 2.50. The van der Waals surface area contributed by atoms with Crippen LogP contribution in [0.5, 0.6) is 0 Å². The number of carbonyl (C=O) groups excluding carboxylic acids is 1. The molecule has 0 aromatic carbocycles. The molecule has 2 heterocycles. The molecule has 0 aliphatic carbocycles. The van der Waals surface area contributed by atoms with Crippen LogP contribution in [0.3, 0.4) is 0 Å². The van der Waals surface area contributed by atoms with Gasteiger partial charge in [0.1, 0.15) is 5.69 Å². The smallest absolute Gasteiger partial charge is 0.187 e. The largest absolute Gasteiger partial charge is 0.383 e. The first-order valence-corrected chi connectivity index (χ1v) is 8.23. The molecular formula is C15H24BrN3O2. The maximum Gasteiger partial charge on any atom is 0.187 e. The van der Waals surface area contributed by atoms with E-state index in [9.17, 15) is 4.79 Å². The van der Waals surface area contributed by atoms with E-state index in [0.29, 0.717) is 24.8 Å². The van der Waals surface area contributed by atoms with Crippen LogP contribution in [-0.2, 0) is 11.3 Å². The SMILES string of the molecule is COCCn1ncc(Br)c1C(=O)C(C)(C)C1CCCNC1. The summed E-state index contributed by atoms with van der Waals surface area (Å²) in [4.78, 5) is 13.1. The lowest BCUT2D eigenvalue weighted by molar-refractivity contribution is 0.0692. The Balaban J connectivity index is 2.23. The van der Waals surface area contributed by atoms with Crippen molar-refractivity contribution in [1.29, 1.82) is 0 Å². The molecule has 118 valence electrons. The molecule has 1 aromatic rings. The van der Waals surface area contributed by atoms with Gasteiger partial charge in [0.15, 0.2) is 5.78 Å². The molecule has 1 unspecified atom stereocenters. The minimum absolute atomic E-state index is 0.150. The highest BCUT2D eigenvalue weighted by molar-refractivity contribution is 9.10. The van der Waals surface area contributed by atoms with Gasteiger partial charge < -0.3 is 10.1 Å². The highest BCUT2D eigenvalue weighted by atomic mass is 79.9. The Hall–Kier alpha value is -0.720. The van der Waals surface area contributed by atoms with Gasteiger partial charge in [0.05, 0.1) is 23.8 Å². The van der Waals surface area contributed by atoms with Crippen LogP contribution in [0.2, 0.25) is 0 Å². The topological polar surface area (TPSA) is 56.2 Å². The van der Waals surface area contributed by atoms with Crippen molar-refractivity contribution >= 4 is 21.7 Å². The summed E-state index contributed by atoms with van der Waals surface area (Å²) in [5.74, 6) is 0.508. The Labute approximate surface area is 134 Å². The number of ether oxygens (including phenoxy) is 1. The van der Waals surface area contributed by atoms with E-state index in [1.54, 1.807) is 18.0 Å². The summed E-state index contributed by atoms with van der Waals surface area (Å²) >= 11 is 3.47. The van der Waals surface area contributed by atoms with E-state index >= 15 is 0 Å². The van der Waals surface area contributed by atoms with E-state index in [-0.39, 0.29) is 5.78 Å². The number of rotatable bonds is 6. The van der Waals surface area contributed by atoms with Crippen molar-refractivity contribution in [3.63, 3.8) is 0 Å². The molecule has 2 rings (SSSR count). The number of hydrogen-bond donors (Lipinski definition) is 1. The summed E-state index contributed by atoms with van der Waals surface area (Å²) in [5.41, 5.74) is 0.253. The number of hydrogen-bond acceptors (Lipinski definition) is 4. The van der Waals surface area contributed by atoms with Gasteiger partial charge in [-0.1, -0.05) is 13.8 Å². The van der Waals surface area contributed by atoms with Crippen LogP contribution in [0, 0.1) is 11.3 Å². The van der Waals surface area contributed by atoms with Crippen LogP contribution in [-0.4, -0.2) is 42.4 Å². The first-order valence-electron chi connectivity index (χ1n) is 7.44. The third kappa shape index (κ3) is 3.55. The lowest BCUT2D eigenvalue weighted by Gasteiger charge is -2.36. The number of aromatic nitrogens is 2. The third-order valence-corrected chi connectivity index (χ3v) is 5.00. The van der Waals surface area contributed by atoms with Crippen LogP contribution in [0.25, 0.3) is 0 Å². The zero-order chi connectivity index (χ0) is 15.5. The van der Waals surface area contributed by atoms with Crippen molar-refractivity contribution in [2.75, 3.05) is 26.8 Å². The van der Waals surface area contributed by atoms with E-state index in [2.05, 4.69) is 26.3 Å².